The smallest absolute Gasteiger partial charge is 0.325 e. The van der Waals surface area contributed by atoms with Crippen LogP contribution in [0.1, 0.15) is 50.1 Å². The van der Waals surface area contributed by atoms with E-state index in [1.165, 1.54) is 25.7 Å². The van der Waals surface area contributed by atoms with E-state index in [4.69, 9.17) is 0 Å². The molecule has 114 valence electrons. The van der Waals surface area contributed by atoms with Crippen LogP contribution in [0.25, 0.3) is 0 Å². The van der Waals surface area contributed by atoms with Crippen molar-refractivity contribution < 1.29 is 9.90 Å². The number of aliphatic carboxylic acids is 1. The van der Waals surface area contributed by atoms with Gasteiger partial charge < -0.3 is 5.11 Å². The summed E-state index contributed by atoms with van der Waals surface area (Å²) in [5.74, 6) is 0.962. The fourth-order valence-corrected chi connectivity index (χ4v) is 3.83. The fourth-order valence-electron chi connectivity index (χ4n) is 3.83. The van der Waals surface area contributed by atoms with Gasteiger partial charge in [-0.3, -0.25) is 14.7 Å². The van der Waals surface area contributed by atoms with Crippen molar-refractivity contribution in [2.75, 3.05) is 13.1 Å². The zero-order valence-corrected chi connectivity index (χ0v) is 12.4. The number of likely N-dealkylation sites (tertiary alicyclic amines) is 1. The Morgan fingerprint density at radius 1 is 1.19 bits per heavy atom. The summed E-state index contributed by atoms with van der Waals surface area (Å²) >= 11 is 0. The van der Waals surface area contributed by atoms with E-state index in [1.54, 1.807) is 12.4 Å². The molecular weight excluding hydrogens is 264 g/mol. The largest absolute Gasteiger partial charge is 0.480 e. The maximum Gasteiger partial charge on any atom is 0.325 e. The van der Waals surface area contributed by atoms with E-state index in [9.17, 15) is 9.90 Å². The second-order valence-electron chi connectivity index (χ2n) is 6.45. The zero-order chi connectivity index (χ0) is 14.7. The van der Waals surface area contributed by atoms with Crippen molar-refractivity contribution in [1.29, 1.82) is 0 Å². The van der Waals surface area contributed by atoms with Crippen LogP contribution < -0.4 is 0 Å². The molecule has 1 saturated carbocycles. The van der Waals surface area contributed by atoms with Crippen molar-refractivity contribution in [2.24, 2.45) is 11.8 Å². The second kappa shape index (κ2) is 6.56. The topological polar surface area (TPSA) is 53.4 Å². The number of hydrogen-bond donors (Lipinski definition) is 1. The fraction of sp³-hybridized carbons (Fsp3) is 0.647. The predicted molar refractivity (Wildman–Crippen MR) is 80.9 cm³/mol. The molecule has 2 fully saturated rings. The molecule has 0 bridgehead atoms. The van der Waals surface area contributed by atoms with Crippen LogP contribution >= 0.6 is 0 Å². The van der Waals surface area contributed by atoms with Gasteiger partial charge in [-0.25, -0.2) is 0 Å². The average molecular weight is 288 g/mol. The van der Waals surface area contributed by atoms with E-state index < -0.39 is 12.0 Å². The standard InChI is InChI=1S/C17H24N2O2/c20-17(21)16(15-6-2-9-18-12-15)19-10-3-7-14(8-11-19)13-4-1-5-13/h2,6,9,12-14,16H,1,3-5,7-8,10-11H2,(H,20,21). The molecule has 1 saturated heterocycles. The molecule has 0 amide bonds. The molecule has 1 aromatic rings. The Hall–Kier alpha value is -1.42. The lowest BCUT2D eigenvalue weighted by Gasteiger charge is -2.33. The Labute approximate surface area is 126 Å². The van der Waals surface area contributed by atoms with Crippen LogP contribution in [0.5, 0.6) is 0 Å². The van der Waals surface area contributed by atoms with Gasteiger partial charge in [-0.2, -0.15) is 0 Å². The minimum absolute atomic E-state index is 0.543. The van der Waals surface area contributed by atoms with Crippen LogP contribution in [0.3, 0.4) is 0 Å². The van der Waals surface area contributed by atoms with E-state index in [-0.39, 0.29) is 0 Å². The highest BCUT2D eigenvalue weighted by molar-refractivity contribution is 5.75. The lowest BCUT2D eigenvalue weighted by molar-refractivity contribution is -0.143. The first-order valence-corrected chi connectivity index (χ1v) is 8.12. The number of carboxylic acid groups (broad SMARTS) is 1. The summed E-state index contributed by atoms with van der Waals surface area (Å²) in [6.45, 7) is 1.78. The number of pyridine rings is 1. The van der Waals surface area contributed by atoms with Gasteiger partial charge in [-0.15, -0.1) is 0 Å². The number of carbonyl (C=O) groups is 1. The van der Waals surface area contributed by atoms with Crippen molar-refractivity contribution in [3.05, 3.63) is 30.1 Å². The minimum Gasteiger partial charge on any atom is -0.480 e. The van der Waals surface area contributed by atoms with Gasteiger partial charge in [-0.05, 0) is 55.8 Å². The molecule has 1 N–H and O–H groups in total. The van der Waals surface area contributed by atoms with Crippen molar-refractivity contribution >= 4 is 5.97 Å². The Kier molecular flexibility index (Phi) is 4.54. The zero-order valence-electron chi connectivity index (χ0n) is 12.4. The first-order chi connectivity index (χ1) is 10.3. The SMILES string of the molecule is O=C(O)C(c1cccnc1)N1CCCC(C2CCC2)CC1. The monoisotopic (exact) mass is 288 g/mol. The number of carboxylic acids is 1. The summed E-state index contributed by atoms with van der Waals surface area (Å²) in [5.41, 5.74) is 0.798. The summed E-state index contributed by atoms with van der Waals surface area (Å²) in [6.07, 6.45) is 11.1. The van der Waals surface area contributed by atoms with E-state index in [2.05, 4.69) is 9.88 Å². The van der Waals surface area contributed by atoms with Crippen LogP contribution in [-0.4, -0.2) is 34.0 Å². The molecule has 0 radical (unpaired) electrons. The molecule has 2 unspecified atom stereocenters. The van der Waals surface area contributed by atoms with Crippen LogP contribution in [0.2, 0.25) is 0 Å². The van der Waals surface area contributed by atoms with E-state index in [0.29, 0.717) is 0 Å². The van der Waals surface area contributed by atoms with Crippen LogP contribution in [0, 0.1) is 11.8 Å². The third kappa shape index (κ3) is 3.26. The molecule has 3 rings (SSSR count). The van der Waals surface area contributed by atoms with E-state index in [1.807, 2.05) is 12.1 Å². The third-order valence-electron chi connectivity index (χ3n) is 5.22. The van der Waals surface area contributed by atoms with Crippen LogP contribution in [0.4, 0.5) is 0 Å². The number of nitrogens with zero attached hydrogens (tertiary/aromatic N) is 2. The third-order valence-corrected chi connectivity index (χ3v) is 5.22. The van der Waals surface area contributed by atoms with Gasteiger partial charge in [0, 0.05) is 12.4 Å². The maximum atomic E-state index is 11.7. The summed E-state index contributed by atoms with van der Waals surface area (Å²) in [7, 11) is 0. The first-order valence-electron chi connectivity index (χ1n) is 8.12. The molecule has 4 heteroatoms. The Morgan fingerprint density at radius 2 is 1.95 bits per heavy atom. The number of rotatable bonds is 4. The molecule has 1 aromatic heterocycles. The van der Waals surface area contributed by atoms with Gasteiger partial charge in [0.25, 0.3) is 0 Å². The normalized spacial score (nSPS) is 25.8. The lowest BCUT2D eigenvalue weighted by Crippen LogP contribution is -2.35. The molecule has 2 atom stereocenters. The Bertz CT molecular complexity index is 473. The van der Waals surface area contributed by atoms with E-state index >= 15 is 0 Å². The molecule has 2 heterocycles. The van der Waals surface area contributed by atoms with Crippen molar-refractivity contribution in [3.8, 4) is 0 Å². The van der Waals surface area contributed by atoms with Crippen LogP contribution in [0.15, 0.2) is 24.5 Å². The summed E-state index contributed by atoms with van der Waals surface area (Å²) in [6, 6.07) is 3.15. The highest BCUT2D eigenvalue weighted by Crippen LogP contribution is 2.39. The Morgan fingerprint density at radius 3 is 2.57 bits per heavy atom. The quantitative estimate of drug-likeness (QED) is 0.925. The number of hydrogen-bond acceptors (Lipinski definition) is 3. The molecule has 21 heavy (non-hydrogen) atoms. The summed E-state index contributed by atoms with van der Waals surface area (Å²) < 4.78 is 0. The summed E-state index contributed by atoms with van der Waals surface area (Å²) in [5, 5.41) is 9.63. The van der Waals surface area contributed by atoms with Gasteiger partial charge in [-0.1, -0.05) is 25.3 Å². The van der Waals surface area contributed by atoms with Gasteiger partial charge >= 0.3 is 5.97 Å². The highest BCUT2D eigenvalue weighted by atomic mass is 16.4. The van der Waals surface area contributed by atoms with Crippen molar-refractivity contribution in [1.82, 2.24) is 9.88 Å². The average Bonchev–Trinajstić information content (AvgIpc) is 2.64. The molecule has 2 aliphatic rings. The number of aromatic nitrogens is 1. The van der Waals surface area contributed by atoms with Gasteiger partial charge in [0.15, 0.2) is 0 Å². The summed E-state index contributed by atoms with van der Waals surface area (Å²) in [4.78, 5) is 17.9. The molecule has 1 aliphatic carbocycles. The lowest BCUT2D eigenvalue weighted by atomic mass is 9.73. The molecular formula is C17H24N2O2. The first kappa shape index (κ1) is 14.5. The van der Waals surface area contributed by atoms with E-state index in [0.717, 1.165) is 43.3 Å². The van der Waals surface area contributed by atoms with Crippen molar-refractivity contribution in [3.63, 3.8) is 0 Å². The van der Waals surface area contributed by atoms with Gasteiger partial charge in [0.05, 0.1) is 0 Å². The highest BCUT2D eigenvalue weighted by Gasteiger charge is 2.33. The van der Waals surface area contributed by atoms with Crippen molar-refractivity contribution in [2.45, 2.75) is 44.6 Å². The molecule has 4 nitrogen and oxygen atoms in total. The molecule has 0 aromatic carbocycles. The molecule has 0 spiro atoms. The Balaban J connectivity index is 1.70. The van der Waals surface area contributed by atoms with Crippen LogP contribution in [-0.2, 0) is 4.79 Å². The maximum absolute atomic E-state index is 11.7. The minimum atomic E-state index is -0.759. The van der Waals surface area contributed by atoms with Gasteiger partial charge in [0.1, 0.15) is 6.04 Å². The second-order valence-corrected chi connectivity index (χ2v) is 6.45. The van der Waals surface area contributed by atoms with Gasteiger partial charge in [0.2, 0.25) is 0 Å². The molecule has 1 aliphatic heterocycles. The predicted octanol–water partition coefficient (Wildman–Crippen LogP) is 3.11.